The molecule has 0 bridgehead atoms. The highest BCUT2D eigenvalue weighted by Gasteiger charge is 2.31. The Morgan fingerprint density at radius 3 is 2.44 bits per heavy atom. The van der Waals surface area contributed by atoms with Gasteiger partial charge in [0.2, 0.25) is 21.8 Å². The molecule has 1 N–H and O–H groups in total. The summed E-state index contributed by atoms with van der Waals surface area (Å²) in [6, 6.07) is 9.52. The van der Waals surface area contributed by atoms with Crippen LogP contribution in [0.3, 0.4) is 0 Å². The van der Waals surface area contributed by atoms with Crippen molar-refractivity contribution in [1.29, 1.82) is 0 Å². The molecule has 0 saturated carbocycles. The number of likely N-dealkylation sites (N-methyl/N-ethyl adjacent to an activating group) is 1. The predicted octanol–water partition coefficient (Wildman–Crippen LogP) is 2.26. The van der Waals surface area contributed by atoms with E-state index in [1.165, 1.54) is 34.3 Å². The summed E-state index contributed by atoms with van der Waals surface area (Å²) in [5, 5.41) is 2.66. The molecule has 1 atom stereocenters. The van der Waals surface area contributed by atoms with Gasteiger partial charge in [0.05, 0.1) is 25.7 Å². The lowest BCUT2D eigenvalue weighted by atomic mass is 10.1. The van der Waals surface area contributed by atoms with Crippen LogP contribution in [0.25, 0.3) is 0 Å². The molecule has 1 aliphatic heterocycles. The SMILES string of the molecule is COc1ccc(NC(=O)CN(C)S(=O)(=O)c2ccc3c(c2)C[C@@H](C)N3C(C)=O)cc1OC. The Morgan fingerprint density at radius 1 is 1.12 bits per heavy atom. The quantitative estimate of drug-likeness (QED) is 0.678. The zero-order valence-electron chi connectivity index (χ0n) is 18.7. The van der Waals surface area contributed by atoms with Gasteiger partial charge in [0.1, 0.15) is 0 Å². The number of methoxy groups -OCH3 is 2. The van der Waals surface area contributed by atoms with Gasteiger partial charge in [0.15, 0.2) is 11.5 Å². The summed E-state index contributed by atoms with van der Waals surface area (Å²) in [6.07, 6.45) is 0.571. The zero-order valence-corrected chi connectivity index (χ0v) is 19.5. The van der Waals surface area contributed by atoms with Crippen LogP contribution in [0.15, 0.2) is 41.3 Å². The van der Waals surface area contributed by atoms with Gasteiger partial charge in [-0.15, -0.1) is 0 Å². The van der Waals surface area contributed by atoms with E-state index in [0.717, 1.165) is 15.6 Å². The first-order valence-corrected chi connectivity index (χ1v) is 11.4. The molecule has 2 aromatic rings. The molecule has 2 aromatic carbocycles. The molecule has 32 heavy (non-hydrogen) atoms. The molecule has 0 saturated heterocycles. The van der Waals surface area contributed by atoms with Gasteiger partial charge < -0.3 is 19.7 Å². The number of sulfonamides is 1. The first-order chi connectivity index (χ1) is 15.1. The summed E-state index contributed by atoms with van der Waals surface area (Å²) in [5.41, 5.74) is 1.96. The highest BCUT2D eigenvalue weighted by molar-refractivity contribution is 7.89. The van der Waals surface area contributed by atoms with Crippen molar-refractivity contribution in [3.63, 3.8) is 0 Å². The van der Waals surface area contributed by atoms with Gasteiger partial charge in [0.25, 0.3) is 0 Å². The van der Waals surface area contributed by atoms with E-state index in [2.05, 4.69) is 5.32 Å². The number of carbonyl (C=O) groups is 2. The lowest BCUT2D eigenvalue weighted by Crippen LogP contribution is -2.35. The number of hydrogen-bond acceptors (Lipinski definition) is 6. The second-order valence-corrected chi connectivity index (χ2v) is 9.66. The summed E-state index contributed by atoms with van der Waals surface area (Å²) in [4.78, 5) is 26.1. The van der Waals surface area contributed by atoms with Crippen LogP contribution < -0.4 is 19.7 Å². The fourth-order valence-electron chi connectivity index (χ4n) is 3.83. The molecule has 3 rings (SSSR count). The number of anilines is 2. The largest absolute Gasteiger partial charge is 0.493 e. The zero-order chi connectivity index (χ0) is 23.6. The van der Waals surface area contributed by atoms with E-state index in [9.17, 15) is 18.0 Å². The van der Waals surface area contributed by atoms with E-state index in [-0.39, 0.29) is 23.4 Å². The summed E-state index contributed by atoms with van der Waals surface area (Å²) >= 11 is 0. The van der Waals surface area contributed by atoms with Crippen LogP contribution in [0.4, 0.5) is 11.4 Å². The Labute approximate surface area is 188 Å². The van der Waals surface area contributed by atoms with Crippen molar-refractivity contribution in [2.24, 2.45) is 0 Å². The van der Waals surface area contributed by atoms with Crippen molar-refractivity contribution in [2.45, 2.75) is 31.2 Å². The number of ether oxygens (including phenoxy) is 2. The van der Waals surface area contributed by atoms with Gasteiger partial charge in [-0.05, 0) is 49.2 Å². The molecule has 1 heterocycles. The van der Waals surface area contributed by atoms with Crippen molar-refractivity contribution in [3.8, 4) is 11.5 Å². The molecule has 0 spiro atoms. The smallest absolute Gasteiger partial charge is 0.243 e. The Balaban J connectivity index is 1.74. The summed E-state index contributed by atoms with van der Waals surface area (Å²) < 4.78 is 37.4. The molecule has 0 fully saturated rings. The van der Waals surface area contributed by atoms with Crippen LogP contribution in [-0.2, 0) is 26.0 Å². The topological polar surface area (TPSA) is 105 Å². The molecule has 172 valence electrons. The van der Waals surface area contributed by atoms with Crippen LogP contribution in [0, 0.1) is 0 Å². The average molecular weight is 462 g/mol. The minimum atomic E-state index is -3.90. The van der Waals surface area contributed by atoms with Gasteiger partial charge in [-0.3, -0.25) is 9.59 Å². The predicted molar refractivity (Wildman–Crippen MR) is 121 cm³/mol. The molecule has 2 amide bonds. The molecule has 1 aliphatic rings. The van der Waals surface area contributed by atoms with Crippen LogP contribution in [0.2, 0.25) is 0 Å². The van der Waals surface area contributed by atoms with Crippen molar-refractivity contribution < 1.29 is 27.5 Å². The van der Waals surface area contributed by atoms with Crippen molar-refractivity contribution >= 4 is 33.2 Å². The monoisotopic (exact) mass is 461 g/mol. The minimum absolute atomic E-state index is 0.0366. The first kappa shape index (κ1) is 23.6. The van der Waals surface area contributed by atoms with Gasteiger partial charge in [-0.25, -0.2) is 8.42 Å². The van der Waals surface area contributed by atoms with Crippen molar-refractivity contribution in [1.82, 2.24) is 4.31 Å². The van der Waals surface area contributed by atoms with E-state index in [1.807, 2.05) is 6.92 Å². The molecule has 9 nitrogen and oxygen atoms in total. The van der Waals surface area contributed by atoms with Crippen molar-refractivity contribution in [2.75, 3.05) is 38.0 Å². The maximum absolute atomic E-state index is 13.0. The fraction of sp³-hybridized carbons (Fsp3) is 0.364. The molecule has 0 radical (unpaired) electrons. The fourth-order valence-corrected chi connectivity index (χ4v) is 5.01. The Bertz CT molecular complexity index is 1150. The lowest BCUT2D eigenvalue weighted by Gasteiger charge is -2.21. The third kappa shape index (κ3) is 4.56. The van der Waals surface area contributed by atoms with Crippen LogP contribution in [-0.4, -0.2) is 58.4 Å². The summed E-state index contributed by atoms with van der Waals surface area (Å²) in [7, 11) is 0.436. The molecule has 10 heteroatoms. The highest BCUT2D eigenvalue weighted by atomic mass is 32.2. The first-order valence-electron chi connectivity index (χ1n) is 9.99. The summed E-state index contributed by atoms with van der Waals surface area (Å²) in [5.74, 6) is 0.370. The summed E-state index contributed by atoms with van der Waals surface area (Å²) in [6.45, 7) is 3.03. The minimum Gasteiger partial charge on any atom is -0.493 e. The maximum Gasteiger partial charge on any atom is 0.243 e. The number of amides is 2. The van der Waals surface area contributed by atoms with Gasteiger partial charge in [-0.2, -0.15) is 4.31 Å². The average Bonchev–Trinajstić information content (AvgIpc) is 3.08. The number of hydrogen-bond donors (Lipinski definition) is 1. The van der Waals surface area contributed by atoms with E-state index < -0.39 is 15.9 Å². The van der Waals surface area contributed by atoms with E-state index in [1.54, 1.807) is 35.2 Å². The maximum atomic E-state index is 13.0. The Hall–Kier alpha value is -3.11. The molecule has 0 unspecified atom stereocenters. The highest BCUT2D eigenvalue weighted by Crippen LogP contribution is 2.34. The van der Waals surface area contributed by atoms with E-state index >= 15 is 0 Å². The van der Waals surface area contributed by atoms with E-state index in [4.69, 9.17) is 9.47 Å². The molecule has 0 aromatic heterocycles. The number of carbonyl (C=O) groups excluding carboxylic acids is 2. The molecular weight excluding hydrogens is 434 g/mol. The van der Waals surface area contributed by atoms with Gasteiger partial charge in [0, 0.05) is 37.5 Å². The van der Waals surface area contributed by atoms with E-state index in [0.29, 0.717) is 23.6 Å². The number of benzene rings is 2. The third-order valence-corrected chi connectivity index (χ3v) is 7.15. The lowest BCUT2D eigenvalue weighted by molar-refractivity contribution is -0.117. The van der Waals surface area contributed by atoms with Crippen LogP contribution >= 0.6 is 0 Å². The molecular formula is C22H27N3O6S. The van der Waals surface area contributed by atoms with Gasteiger partial charge >= 0.3 is 0 Å². The number of fused-ring (bicyclic) bond motifs is 1. The number of nitrogens with zero attached hydrogens (tertiary/aromatic N) is 2. The second-order valence-electron chi connectivity index (χ2n) is 7.61. The van der Waals surface area contributed by atoms with Crippen LogP contribution in [0.1, 0.15) is 19.4 Å². The number of nitrogens with one attached hydrogen (secondary N) is 1. The van der Waals surface area contributed by atoms with Gasteiger partial charge in [-0.1, -0.05) is 0 Å². The Kier molecular flexibility index (Phi) is 6.75. The molecule has 0 aliphatic carbocycles. The van der Waals surface area contributed by atoms with Crippen LogP contribution in [0.5, 0.6) is 11.5 Å². The second kappa shape index (κ2) is 9.17. The standard InChI is InChI=1S/C22H27N3O6S/c1-14-10-16-11-18(7-8-19(16)25(14)15(2)26)32(28,29)24(3)13-22(27)23-17-6-9-20(30-4)21(12-17)31-5/h6-9,11-12,14H,10,13H2,1-5H3,(H,23,27)/t14-/m1/s1. The Morgan fingerprint density at radius 2 is 1.81 bits per heavy atom. The van der Waals surface area contributed by atoms with Crippen molar-refractivity contribution in [3.05, 3.63) is 42.0 Å². The normalized spacial score (nSPS) is 15.4. The third-order valence-electron chi connectivity index (χ3n) is 5.35. The number of rotatable bonds is 7.